The van der Waals surface area contributed by atoms with E-state index in [1.807, 2.05) is 55.6 Å². The average molecular weight is 576 g/mol. The van der Waals surface area contributed by atoms with E-state index in [1.165, 1.54) is 0 Å². The maximum absolute atomic E-state index is 16.5. The monoisotopic (exact) mass is 575 g/mol. The van der Waals surface area contributed by atoms with Crippen molar-refractivity contribution in [1.82, 2.24) is 29.8 Å². The van der Waals surface area contributed by atoms with Gasteiger partial charge >= 0.3 is 6.01 Å². The summed E-state index contributed by atoms with van der Waals surface area (Å²) < 4.78 is 24.7. The predicted molar refractivity (Wildman–Crippen MR) is 164 cm³/mol. The number of phenolic OH excluding ortho intramolecular Hbond substituents is 1. The first kappa shape index (κ1) is 25.8. The second-order valence-electron chi connectivity index (χ2n) is 11.4. The number of anilines is 1. The third-order valence-corrected chi connectivity index (χ3v) is 8.70. The van der Waals surface area contributed by atoms with Crippen LogP contribution in [0.5, 0.6) is 11.8 Å². The largest absolute Gasteiger partial charge is 0.508 e. The third kappa shape index (κ3) is 4.49. The molecule has 0 aliphatic carbocycles. The SMILES string of the molecule is Cn1c(CCOc2nc(N3CC4CCC(C3)N4)c3cnc(-c4cc(O)cc5ccccc45)c(F)c3n2)nc2ccccc21. The summed E-state index contributed by atoms with van der Waals surface area (Å²) in [7, 11) is 1.99. The van der Waals surface area contributed by atoms with E-state index in [0.717, 1.165) is 53.6 Å². The van der Waals surface area contributed by atoms with Gasteiger partial charge in [-0.1, -0.05) is 36.4 Å². The molecule has 2 aliphatic heterocycles. The van der Waals surface area contributed by atoms with Crippen LogP contribution in [0.2, 0.25) is 0 Å². The van der Waals surface area contributed by atoms with Crippen molar-refractivity contribution < 1.29 is 14.2 Å². The molecular formula is C33H30FN7O2. The van der Waals surface area contributed by atoms with Crippen molar-refractivity contribution in [3.05, 3.63) is 78.5 Å². The summed E-state index contributed by atoms with van der Waals surface area (Å²) in [5, 5.41) is 16.2. The molecular weight excluding hydrogens is 545 g/mol. The Morgan fingerprint density at radius 2 is 1.77 bits per heavy atom. The van der Waals surface area contributed by atoms with Crippen LogP contribution in [0, 0.1) is 5.82 Å². The van der Waals surface area contributed by atoms with Crippen LogP contribution < -0.4 is 15.0 Å². The zero-order valence-corrected chi connectivity index (χ0v) is 23.7. The van der Waals surface area contributed by atoms with Gasteiger partial charge in [-0.2, -0.15) is 9.97 Å². The molecule has 0 amide bonds. The number of phenols is 1. The van der Waals surface area contributed by atoms with Crippen molar-refractivity contribution in [2.24, 2.45) is 7.05 Å². The summed E-state index contributed by atoms with van der Waals surface area (Å²) in [5.41, 5.74) is 2.75. The lowest BCUT2D eigenvalue weighted by Gasteiger charge is -2.34. The van der Waals surface area contributed by atoms with E-state index in [9.17, 15) is 5.11 Å². The van der Waals surface area contributed by atoms with Gasteiger partial charge in [-0.15, -0.1) is 0 Å². The number of halogens is 1. The number of para-hydroxylation sites is 2. The fraction of sp³-hybridized carbons (Fsp3) is 0.273. The second kappa shape index (κ2) is 10.2. The third-order valence-electron chi connectivity index (χ3n) is 8.70. The molecule has 2 bridgehead atoms. The molecule has 43 heavy (non-hydrogen) atoms. The summed E-state index contributed by atoms with van der Waals surface area (Å²) in [6, 6.07) is 19.6. The van der Waals surface area contributed by atoms with E-state index < -0.39 is 5.82 Å². The smallest absolute Gasteiger partial charge is 0.319 e. The standard InChI is InChI=1S/C33H30FN7O2/c1-40-27-9-5-4-8-26(27)37-28(40)12-13-43-33-38-31-25(32(39-33)41-17-20-10-11-21(18-41)36-20)16-35-30(29(31)34)24-15-22(42)14-19-6-2-3-7-23(19)24/h2-9,14-16,20-21,36,42H,10-13,17-18H2,1H3. The highest BCUT2D eigenvalue weighted by atomic mass is 19.1. The first-order chi connectivity index (χ1) is 21.0. The molecule has 0 spiro atoms. The Morgan fingerprint density at radius 3 is 2.60 bits per heavy atom. The lowest BCUT2D eigenvalue weighted by Crippen LogP contribution is -2.51. The molecule has 2 atom stereocenters. The summed E-state index contributed by atoms with van der Waals surface area (Å²) in [6.07, 6.45) is 4.40. The normalized spacial score (nSPS) is 18.2. The molecule has 10 heteroatoms. The number of hydrogen-bond acceptors (Lipinski definition) is 8. The summed E-state index contributed by atoms with van der Waals surface area (Å²) >= 11 is 0. The topological polar surface area (TPSA) is 101 Å². The minimum Gasteiger partial charge on any atom is -0.508 e. The molecule has 0 saturated carbocycles. The molecule has 0 radical (unpaired) electrons. The van der Waals surface area contributed by atoms with Crippen LogP contribution in [-0.4, -0.2) is 61.4 Å². The number of piperazine rings is 1. The number of aryl methyl sites for hydroxylation is 1. The Hall–Kier alpha value is -4.83. The van der Waals surface area contributed by atoms with Crippen molar-refractivity contribution >= 4 is 38.5 Å². The second-order valence-corrected chi connectivity index (χ2v) is 11.4. The highest BCUT2D eigenvalue weighted by Crippen LogP contribution is 2.37. The molecule has 5 heterocycles. The molecule has 8 rings (SSSR count). The molecule has 6 aromatic rings. The van der Waals surface area contributed by atoms with E-state index in [1.54, 1.807) is 18.3 Å². The van der Waals surface area contributed by atoms with Crippen LogP contribution in [0.1, 0.15) is 18.7 Å². The van der Waals surface area contributed by atoms with E-state index in [0.29, 0.717) is 35.3 Å². The zero-order valence-electron chi connectivity index (χ0n) is 23.7. The maximum atomic E-state index is 16.5. The Bertz CT molecular complexity index is 2010. The maximum Gasteiger partial charge on any atom is 0.319 e. The molecule has 216 valence electrons. The van der Waals surface area contributed by atoms with Crippen LogP contribution in [0.4, 0.5) is 10.2 Å². The number of nitrogens with zero attached hydrogens (tertiary/aromatic N) is 6. The number of aromatic nitrogens is 5. The van der Waals surface area contributed by atoms with Gasteiger partial charge in [0.05, 0.1) is 23.0 Å². The molecule has 2 N–H and O–H groups in total. The number of ether oxygens (including phenoxy) is 1. The van der Waals surface area contributed by atoms with Gasteiger partial charge in [-0.3, -0.25) is 4.98 Å². The van der Waals surface area contributed by atoms with Gasteiger partial charge in [0.1, 0.15) is 28.6 Å². The van der Waals surface area contributed by atoms with Crippen LogP contribution in [0.25, 0.3) is 44.0 Å². The van der Waals surface area contributed by atoms with Crippen molar-refractivity contribution in [2.45, 2.75) is 31.3 Å². The van der Waals surface area contributed by atoms with E-state index >= 15 is 4.39 Å². The number of hydrogen-bond donors (Lipinski definition) is 2. The Kier molecular flexibility index (Phi) is 6.11. The van der Waals surface area contributed by atoms with Crippen molar-refractivity contribution in [1.29, 1.82) is 0 Å². The van der Waals surface area contributed by atoms with Crippen molar-refractivity contribution in [2.75, 3.05) is 24.6 Å². The van der Waals surface area contributed by atoms with E-state index in [-0.39, 0.29) is 29.6 Å². The van der Waals surface area contributed by atoms with Gasteiger partial charge in [0.2, 0.25) is 0 Å². The quantitative estimate of drug-likeness (QED) is 0.282. The number of benzene rings is 3. The van der Waals surface area contributed by atoms with Crippen LogP contribution in [-0.2, 0) is 13.5 Å². The minimum atomic E-state index is -0.574. The van der Waals surface area contributed by atoms with Gasteiger partial charge in [-0.25, -0.2) is 9.37 Å². The summed E-state index contributed by atoms with van der Waals surface area (Å²) in [6.45, 7) is 1.82. The summed E-state index contributed by atoms with van der Waals surface area (Å²) in [4.78, 5) is 20.9. The average Bonchev–Trinajstić information content (AvgIpc) is 3.53. The lowest BCUT2D eigenvalue weighted by atomic mass is 10.0. The molecule has 2 unspecified atom stereocenters. The molecule has 3 aromatic heterocycles. The fourth-order valence-corrected chi connectivity index (χ4v) is 6.63. The van der Waals surface area contributed by atoms with Crippen LogP contribution in [0.15, 0.2) is 66.9 Å². The zero-order chi connectivity index (χ0) is 29.1. The first-order valence-electron chi connectivity index (χ1n) is 14.6. The van der Waals surface area contributed by atoms with Gasteiger partial charge < -0.3 is 24.6 Å². The molecule has 2 fully saturated rings. The Morgan fingerprint density at radius 1 is 0.977 bits per heavy atom. The lowest BCUT2D eigenvalue weighted by molar-refractivity contribution is 0.293. The number of aromatic hydroxyl groups is 1. The predicted octanol–water partition coefficient (Wildman–Crippen LogP) is 5.14. The number of nitrogens with one attached hydrogen (secondary N) is 1. The highest BCUT2D eigenvalue weighted by Gasteiger charge is 2.34. The van der Waals surface area contributed by atoms with E-state index in [4.69, 9.17) is 14.7 Å². The number of imidazole rings is 1. The van der Waals surface area contributed by atoms with Crippen LogP contribution >= 0.6 is 0 Å². The van der Waals surface area contributed by atoms with Gasteiger partial charge in [-0.05, 0) is 47.9 Å². The van der Waals surface area contributed by atoms with Gasteiger partial charge in [0.15, 0.2) is 5.82 Å². The van der Waals surface area contributed by atoms with Gasteiger partial charge in [0, 0.05) is 50.4 Å². The van der Waals surface area contributed by atoms with Crippen molar-refractivity contribution in [3.8, 4) is 23.0 Å². The molecule has 3 aromatic carbocycles. The molecule has 2 saturated heterocycles. The minimum absolute atomic E-state index is 0.0423. The number of fused-ring (bicyclic) bond motifs is 5. The molecule has 9 nitrogen and oxygen atoms in total. The summed E-state index contributed by atoms with van der Waals surface area (Å²) in [5.74, 6) is 0.977. The Balaban J connectivity index is 1.20. The first-order valence-corrected chi connectivity index (χ1v) is 14.6. The fourth-order valence-electron chi connectivity index (χ4n) is 6.63. The van der Waals surface area contributed by atoms with Crippen molar-refractivity contribution in [3.63, 3.8) is 0 Å². The number of rotatable bonds is 6. The van der Waals surface area contributed by atoms with Crippen LogP contribution in [0.3, 0.4) is 0 Å². The molecule has 2 aliphatic rings. The number of pyridine rings is 1. The Labute approximate surface area is 247 Å². The van der Waals surface area contributed by atoms with E-state index in [2.05, 4.69) is 24.8 Å². The highest BCUT2D eigenvalue weighted by molar-refractivity contribution is 6.00. The van der Waals surface area contributed by atoms with Gasteiger partial charge in [0.25, 0.3) is 0 Å².